The minimum absolute atomic E-state index is 0.248. The fourth-order valence-corrected chi connectivity index (χ4v) is 1.84. The molecule has 0 rings (SSSR count). The maximum Gasteiger partial charge on any atom is 0.267 e. The predicted molar refractivity (Wildman–Crippen MR) is 60.4 cm³/mol. The van der Waals surface area contributed by atoms with E-state index >= 15 is 0 Å². The molecule has 0 saturated carbocycles. The highest BCUT2D eigenvalue weighted by Gasteiger charge is 2.15. The molecule has 0 heterocycles. The summed E-state index contributed by atoms with van der Waals surface area (Å²) >= 11 is 0. The largest absolute Gasteiger partial charge is 0.393 e. The maximum absolute atomic E-state index is 10.7. The van der Waals surface area contributed by atoms with Crippen LogP contribution in [0.2, 0.25) is 0 Å². The first-order valence-corrected chi connectivity index (χ1v) is 6.98. The van der Waals surface area contributed by atoms with Crippen LogP contribution < -0.4 is 0 Å². The average molecular weight is 238 g/mol. The highest BCUT2D eigenvalue weighted by Crippen LogP contribution is 2.12. The van der Waals surface area contributed by atoms with Crippen molar-refractivity contribution in [2.75, 3.05) is 0 Å². The van der Waals surface area contributed by atoms with Crippen molar-refractivity contribution >= 4 is 10.1 Å². The minimum atomic E-state index is -3.85. The van der Waals surface area contributed by atoms with Gasteiger partial charge in [-0.25, -0.2) is 0 Å². The second-order valence-electron chi connectivity index (χ2n) is 4.17. The van der Waals surface area contributed by atoms with Crippen molar-refractivity contribution in [1.29, 1.82) is 0 Å². The summed E-state index contributed by atoms with van der Waals surface area (Å²) in [6, 6.07) is 0. The van der Waals surface area contributed by atoms with Gasteiger partial charge >= 0.3 is 0 Å². The molecule has 0 aromatic heterocycles. The van der Waals surface area contributed by atoms with Crippen LogP contribution in [0.25, 0.3) is 0 Å². The zero-order chi connectivity index (χ0) is 11.9. The van der Waals surface area contributed by atoms with Gasteiger partial charge in [0.2, 0.25) is 0 Å². The quantitative estimate of drug-likeness (QED) is 0.501. The van der Waals surface area contributed by atoms with Crippen LogP contribution in [-0.2, 0) is 10.1 Å². The van der Waals surface area contributed by atoms with Crippen LogP contribution in [0.1, 0.15) is 52.4 Å². The SMILES string of the molecule is CC(O)CCCCCCC(C)S(=O)(=O)O. The van der Waals surface area contributed by atoms with E-state index in [1.54, 1.807) is 6.92 Å². The van der Waals surface area contributed by atoms with Crippen LogP contribution in [0, 0.1) is 0 Å². The number of aliphatic hydroxyl groups is 1. The van der Waals surface area contributed by atoms with Crippen LogP contribution in [0.15, 0.2) is 0 Å². The summed E-state index contributed by atoms with van der Waals surface area (Å²) in [5.74, 6) is 0. The maximum atomic E-state index is 10.7. The third-order valence-electron chi connectivity index (χ3n) is 2.49. The molecule has 0 amide bonds. The van der Waals surface area contributed by atoms with Gasteiger partial charge in [0.25, 0.3) is 10.1 Å². The van der Waals surface area contributed by atoms with Gasteiger partial charge < -0.3 is 5.11 Å². The summed E-state index contributed by atoms with van der Waals surface area (Å²) in [6.07, 6.45) is 4.79. The summed E-state index contributed by atoms with van der Waals surface area (Å²) in [7, 11) is -3.85. The normalized spacial score (nSPS) is 16.3. The highest BCUT2D eigenvalue weighted by atomic mass is 32.2. The van der Waals surface area contributed by atoms with E-state index in [1.165, 1.54) is 6.92 Å². The number of hydrogen-bond donors (Lipinski definition) is 2. The first-order valence-electron chi connectivity index (χ1n) is 5.48. The second-order valence-corrected chi connectivity index (χ2v) is 6.00. The summed E-state index contributed by atoms with van der Waals surface area (Å²) < 4.78 is 30.0. The second kappa shape index (κ2) is 7.19. The lowest BCUT2D eigenvalue weighted by Gasteiger charge is -2.07. The summed E-state index contributed by atoms with van der Waals surface area (Å²) in [5.41, 5.74) is 0. The van der Waals surface area contributed by atoms with E-state index < -0.39 is 15.4 Å². The molecule has 0 aliphatic carbocycles. The van der Waals surface area contributed by atoms with Crippen LogP contribution >= 0.6 is 0 Å². The van der Waals surface area contributed by atoms with Crippen molar-refractivity contribution in [2.45, 2.75) is 63.7 Å². The number of rotatable bonds is 8. The Hall–Kier alpha value is -0.130. The molecule has 0 radical (unpaired) electrons. The van der Waals surface area contributed by atoms with E-state index in [4.69, 9.17) is 9.66 Å². The van der Waals surface area contributed by atoms with Crippen molar-refractivity contribution < 1.29 is 18.1 Å². The molecule has 2 atom stereocenters. The lowest BCUT2D eigenvalue weighted by atomic mass is 10.1. The Labute approximate surface area is 92.4 Å². The topological polar surface area (TPSA) is 74.6 Å². The fraction of sp³-hybridized carbons (Fsp3) is 1.00. The minimum Gasteiger partial charge on any atom is -0.393 e. The highest BCUT2D eigenvalue weighted by molar-refractivity contribution is 7.86. The monoisotopic (exact) mass is 238 g/mol. The Morgan fingerprint density at radius 1 is 1.00 bits per heavy atom. The van der Waals surface area contributed by atoms with Crippen molar-refractivity contribution in [2.24, 2.45) is 0 Å². The molecule has 0 aliphatic rings. The molecule has 0 aromatic rings. The van der Waals surface area contributed by atoms with Gasteiger partial charge in [-0.3, -0.25) is 4.55 Å². The van der Waals surface area contributed by atoms with E-state index in [9.17, 15) is 8.42 Å². The third kappa shape index (κ3) is 8.84. The van der Waals surface area contributed by atoms with E-state index in [0.717, 1.165) is 32.1 Å². The molecule has 0 bridgehead atoms. The fourth-order valence-electron chi connectivity index (χ4n) is 1.37. The summed E-state index contributed by atoms with van der Waals surface area (Å²) in [4.78, 5) is 0. The van der Waals surface area contributed by atoms with Crippen LogP contribution in [0.3, 0.4) is 0 Å². The molecule has 5 heteroatoms. The smallest absolute Gasteiger partial charge is 0.267 e. The zero-order valence-corrected chi connectivity index (χ0v) is 10.3. The molecular formula is C10H22O4S. The lowest BCUT2D eigenvalue weighted by Crippen LogP contribution is -2.16. The molecule has 4 nitrogen and oxygen atoms in total. The Kier molecular flexibility index (Phi) is 7.13. The molecule has 0 spiro atoms. The van der Waals surface area contributed by atoms with Gasteiger partial charge in [0.05, 0.1) is 11.4 Å². The lowest BCUT2D eigenvalue weighted by molar-refractivity contribution is 0.180. The van der Waals surface area contributed by atoms with Crippen LogP contribution in [0.5, 0.6) is 0 Å². The van der Waals surface area contributed by atoms with Crippen LogP contribution in [-0.4, -0.2) is 29.4 Å². The summed E-state index contributed by atoms with van der Waals surface area (Å²) in [6.45, 7) is 3.28. The van der Waals surface area contributed by atoms with Crippen molar-refractivity contribution in [3.63, 3.8) is 0 Å². The van der Waals surface area contributed by atoms with E-state index in [2.05, 4.69) is 0 Å². The van der Waals surface area contributed by atoms with Gasteiger partial charge in [0.15, 0.2) is 0 Å². The standard InChI is InChI=1S/C10H22O4S/c1-9(11)7-5-3-4-6-8-10(2)15(12,13)14/h9-11H,3-8H2,1-2H3,(H,12,13,14). The van der Waals surface area contributed by atoms with E-state index in [1.807, 2.05) is 0 Å². The van der Waals surface area contributed by atoms with E-state index in [0.29, 0.717) is 6.42 Å². The van der Waals surface area contributed by atoms with Crippen molar-refractivity contribution in [1.82, 2.24) is 0 Å². The molecule has 0 fully saturated rings. The Balaban J connectivity index is 3.40. The van der Waals surface area contributed by atoms with Gasteiger partial charge in [-0.15, -0.1) is 0 Å². The first-order chi connectivity index (χ1) is 6.84. The average Bonchev–Trinajstić information content (AvgIpc) is 2.08. The van der Waals surface area contributed by atoms with Gasteiger partial charge in [0, 0.05) is 0 Å². The van der Waals surface area contributed by atoms with Crippen LogP contribution in [0.4, 0.5) is 0 Å². The first kappa shape index (κ1) is 14.9. The van der Waals surface area contributed by atoms with Gasteiger partial charge in [-0.05, 0) is 26.7 Å². The molecule has 0 aliphatic heterocycles. The molecule has 2 N–H and O–H groups in total. The molecule has 15 heavy (non-hydrogen) atoms. The Bertz CT molecular complexity index is 246. The van der Waals surface area contributed by atoms with Gasteiger partial charge in [-0.2, -0.15) is 8.42 Å². The zero-order valence-electron chi connectivity index (χ0n) is 9.52. The molecule has 2 unspecified atom stereocenters. The third-order valence-corrected chi connectivity index (χ3v) is 3.74. The number of hydrogen-bond acceptors (Lipinski definition) is 3. The van der Waals surface area contributed by atoms with Gasteiger partial charge in [0.1, 0.15) is 0 Å². The predicted octanol–water partition coefficient (Wildman–Crippen LogP) is 1.98. The Morgan fingerprint density at radius 2 is 1.47 bits per heavy atom. The van der Waals surface area contributed by atoms with E-state index in [-0.39, 0.29) is 6.10 Å². The number of aliphatic hydroxyl groups excluding tert-OH is 1. The van der Waals surface area contributed by atoms with Crippen molar-refractivity contribution in [3.8, 4) is 0 Å². The number of unbranched alkanes of at least 4 members (excludes halogenated alkanes) is 3. The van der Waals surface area contributed by atoms with Crippen molar-refractivity contribution in [3.05, 3.63) is 0 Å². The summed E-state index contributed by atoms with van der Waals surface area (Å²) in [5, 5.41) is 8.33. The molecule has 92 valence electrons. The molecule has 0 saturated heterocycles. The Morgan fingerprint density at radius 3 is 1.87 bits per heavy atom. The molecular weight excluding hydrogens is 216 g/mol. The van der Waals surface area contributed by atoms with Gasteiger partial charge in [-0.1, -0.05) is 25.7 Å². The molecule has 0 aromatic carbocycles.